The average Bonchev–Trinajstić information content (AvgIpc) is 2.71. The minimum absolute atomic E-state index is 0.0810. The zero-order valence-corrected chi connectivity index (χ0v) is 21.1. The molecular weight excluding hydrogens is 438 g/mol. The van der Waals surface area contributed by atoms with E-state index in [0.29, 0.717) is 12.1 Å². The number of nitrogens with one attached hydrogen (secondary N) is 1. The number of benzene rings is 2. The van der Waals surface area contributed by atoms with Gasteiger partial charge in [0.05, 0.1) is 11.9 Å². The van der Waals surface area contributed by atoms with Gasteiger partial charge in [0.25, 0.3) is 0 Å². The quantitative estimate of drug-likeness (QED) is 0.573. The molecule has 0 saturated carbocycles. The molecule has 0 aliphatic carbocycles. The van der Waals surface area contributed by atoms with Gasteiger partial charge in [-0.1, -0.05) is 54.4 Å². The Kier molecular flexibility index (Phi) is 9.05. The Morgan fingerprint density at radius 3 is 2.15 bits per heavy atom. The van der Waals surface area contributed by atoms with Crippen LogP contribution in [0.4, 0.5) is 5.69 Å². The van der Waals surface area contributed by atoms with Gasteiger partial charge in [-0.2, -0.15) is 0 Å². The van der Waals surface area contributed by atoms with E-state index in [9.17, 15) is 18.0 Å². The molecule has 0 bridgehead atoms. The van der Waals surface area contributed by atoms with E-state index >= 15 is 0 Å². The molecule has 7 nitrogen and oxygen atoms in total. The summed E-state index contributed by atoms with van der Waals surface area (Å²) in [5.74, 6) is -0.692. The van der Waals surface area contributed by atoms with Crippen LogP contribution in [0, 0.1) is 13.8 Å². The molecule has 8 heteroatoms. The van der Waals surface area contributed by atoms with E-state index in [0.717, 1.165) is 27.3 Å². The molecule has 2 aromatic carbocycles. The van der Waals surface area contributed by atoms with Crippen LogP contribution in [0.3, 0.4) is 0 Å². The first kappa shape index (κ1) is 26.4. The Hall–Kier alpha value is -2.87. The zero-order chi connectivity index (χ0) is 24.8. The topological polar surface area (TPSA) is 86.8 Å². The summed E-state index contributed by atoms with van der Waals surface area (Å²) in [7, 11) is -3.73. The first-order chi connectivity index (χ1) is 15.4. The highest BCUT2D eigenvalue weighted by molar-refractivity contribution is 7.92. The van der Waals surface area contributed by atoms with Crippen LogP contribution in [0.15, 0.2) is 48.5 Å². The predicted octanol–water partition coefficient (Wildman–Crippen LogP) is 3.40. The van der Waals surface area contributed by atoms with Crippen molar-refractivity contribution in [2.45, 2.75) is 59.7 Å². The second-order valence-electron chi connectivity index (χ2n) is 8.70. The third kappa shape index (κ3) is 7.60. The van der Waals surface area contributed by atoms with E-state index in [2.05, 4.69) is 5.32 Å². The highest BCUT2D eigenvalue weighted by Gasteiger charge is 2.31. The summed E-state index contributed by atoms with van der Waals surface area (Å²) in [6, 6.07) is 13.9. The van der Waals surface area contributed by atoms with Gasteiger partial charge in [0.15, 0.2) is 0 Å². The fourth-order valence-corrected chi connectivity index (χ4v) is 4.48. The van der Waals surface area contributed by atoms with Gasteiger partial charge in [0.1, 0.15) is 12.6 Å². The SMILES string of the molecule is CC[C@H](C(=O)NC(C)C)N(Cc1cccc(C)c1)C(=O)CN(c1ccc(C)cc1)S(C)(=O)=O. The van der Waals surface area contributed by atoms with E-state index in [-0.39, 0.29) is 25.0 Å². The molecule has 1 N–H and O–H groups in total. The van der Waals surface area contributed by atoms with Crippen molar-refractivity contribution >= 4 is 27.5 Å². The molecule has 0 aliphatic rings. The van der Waals surface area contributed by atoms with Gasteiger partial charge in [-0.15, -0.1) is 0 Å². The summed E-state index contributed by atoms with van der Waals surface area (Å²) in [6.07, 6.45) is 1.48. The number of aryl methyl sites for hydroxylation is 2. The van der Waals surface area contributed by atoms with Crippen LogP contribution in [-0.4, -0.2) is 50.0 Å². The summed E-state index contributed by atoms with van der Waals surface area (Å²) in [4.78, 5) is 28.0. The van der Waals surface area contributed by atoms with Gasteiger partial charge in [0.2, 0.25) is 21.8 Å². The molecule has 2 amide bonds. The first-order valence-corrected chi connectivity index (χ1v) is 13.0. The molecule has 0 heterocycles. The van der Waals surface area contributed by atoms with Crippen molar-refractivity contribution in [1.29, 1.82) is 0 Å². The van der Waals surface area contributed by atoms with Crippen molar-refractivity contribution < 1.29 is 18.0 Å². The maximum Gasteiger partial charge on any atom is 0.244 e. The lowest BCUT2D eigenvalue weighted by molar-refractivity contribution is -0.140. The summed E-state index contributed by atoms with van der Waals surface area (Å²) in [5.41, 5.74) is 3.31. The monoisotopic (exact) mass is 473 g/mol. The number of anilines is 1. The number of hydrogen-bond acceptors (Lipinski definition) is 4. The van der Waals surface area contributed by atoms with E-state index in [1.807, 2.05) is 58.9 Å². The number of sulfonamides is 1. The molecule has 33 heavy (non-hydrogen) atoms. The maximum atomic E-state index is 13.6. The number of hydrogen-bond donors (Lipinski definition) is 1. The highest BCUT2D eigenvalue weighted by atomic mass is 32.2. The standard InChI is InChI=1S/C25H35N3O4S/c1-7-23(25(30)26-18(2)3)27(16-21-10-8-9-20(5)15-21)24(29)17-28(33(6,31)32)22-13-11-19(4)12-14-22/h8-15,18,23H,7,16-17H2,1-6H3,(H,26,30)/t23-/m1/s1. The lowest BCUT2D eigenvalue weighted by atomic mass is 10.1. The molecule has 2 aromatic rings. The van der Waals surface area contributed by atoms with E-state index in [1.165, 1.54) is 4.90 Å². The molecule has 0 aliphatic heterocycles. The molecule has 0 spiro atoms. The van der Waals surface area contributed by atoms with Gasteiger partial charge in [-0.05, 0) is 51.8 Å². The van der Waals surface area contributed by atoms with E-state index in [1.54, 1.807) is 24.3 Å². The van der Waals surface area contributed by atoms with Crippen molar-refractivity contribution in [1.82, 2.24) is 10.2 Å². The Balaban J connectivity index is 2.43. The zero-order valence-electron chi connectivity index (χ0n) is 20.3. The van der Waals surface area contributed by atoms with Crippen molar-refractivity contribution in [3.63, 3.8) is 0 Å². The molecule has 0 radical (unpaired) electrons. The lowest BCUT2D eigenvalue weighted by Gasteiger charge is -2.33. The van der Waals surface area contributed by atoms with Gasteiger partial charge < -0.3 is 10.2 Å². The Bertz CT molecular complexity index is 1070. The summed E-state index contributed by atoms with van der Waals surface area (Å²) >= 11 is 0. The van der Waals surface area contributed by atoms with Gasteiger partial charge >= 0.3 is 0 Å². The minimum atomic E-state index is -3.73. The molecule has 0 saturated heterocycles. The van der Waals surface area contributed by atoms with Gasteiger partial charge in [0, 0.05) is 12.6 Å². The van der Waals surface area contributed by atoms with Crippen LogP contribution in [-0.2, 0) is 26.2 Å². The summed E-state index contributed by atoms with van der Waals surface area (Å²) in [6.45, 7) is 9.24. The van der Waals surface area contributed by atoms with E-state index in [4.69, 9.17) is 0 Å². The molecule has 0 unspecified atom stereocenters. The Morgan fingerprint density at radius 2 is 1.64 bits per heavy atom. The Labute approximate surface area is 197 Å². The Morgan fingerprint density at radius 1 is 1.00 bits per heavy atom. The fraction of sp³-hybridized carbons (Fsp3) is 0.440. The third-order valence-electron chi connectivity index (χ3n) is 5.25. The second kappa shape index (κ2) is 11.3. The number of rotatable bonds is 10. The number of carbonyl (C=O) groups excluding carboxylic acids is 2. The third-order valence-corrected chi connectivity index (χ3v) is 6.39. The normalized spacial score (nSPS) is 12.3. The minimum Gasteiger partial charge on any atom is -0.352 e. The first-order valence-electron chi connectivity index (χ1n) is 11.1. The number of amides is 2. The molecule has 180 valence electrons. The van der Waals surface area contributed by atoms with Crippen LogP contribution in [0.5, 0.6) is 0 Å². The van der Waals surface area contributed by atoms with Crippen LogP contribution >= 0.6 is 0 Å². The molecule has 1 atom stereocenters. The average molecular weight is 474 g/mol. The van der Waals surface area contributed by atoms with Crippen molar-refractivity contribution in [2.24, 2.45) is 0 Å². The molecular formula is C25H35N3O4S. The fourth-order valence-electron chi connectivity index (χ4n) is 3.63. The second-order valence-corrected chi connectivity index (χ2v) is 10.6. The van der Waals surface area contributed by atoms with Crippen molar-refractivity contribution in [3.05, 3.63) is 65.2 Å². The summed E-state index contributed by atoms with van der Waals surface area (Å²) < 4.78 is 26.2. The predicted molar refractivity (Wildman–Crippen MR) is 132 cm³/mol. The highest BCUT2D eigenvalue weighted by Crippen LogP contribution is 2.20. The van der Waals surface area contributed by atoms with Crippen LogP contribution in [0.25, 0.3) is 0 Å². The number of nitrogens with zero attached hydrogens (tertiary/aromatic N) is 2. The van der Waals surface area contributed by atoms with Gasteiger partial charge in [-0.25, -0.2) is 8.42 Å². The number of carbonyl (C=O) groups is 2. The summed E-state index contributed by atoms with van der Waals surface area (Å²) in [5, 5.41) is 2.88. The molecule has 2 rings (SSSR count). The maximum absolute atomic E-state index is 13.6. The van der Waals surface area contributed by atoms with Crippen LogP contribution in [0.1, 0.15) is 43.9 Å². The van der Waals surface area contributed by atoms with Crippen molar-refractivity contribution in [3.8, 4) is 0 Å². The van der Waals surface area contributed by atoms with E-state index < -0.39 is 22.0 Å². The van der Waals surface area contributed by atoms with Crippen molar-refractivity contribution in [2.75, 3.05) is 17.1 Å². The smallest absolute Gasteiger partial charge is 0.244 e. The molecule has 0 fully saturated rings. The van der Waals surface area contributed by atoms with Gasteiger partial charge in [-0.3, -0.25) is 13.9 Å². The van der Waals surface area contributed by atoms with Crippen LogP contribution in [0.2, 0.25) is 0 Å². The lowest BCUT2D eigenvalue weighted by Crippen LogP contribution is -2.53. The molecule has 0 aromatic heterocycles. The van der Waals surface area contributed by atoms with Crippen LogP contribution < -0.4 is 9.62 Å². The largest absolute Gasteiger partial charge is 0.352 e.